The van der Waals surface area contributed by atoms with Crippen molar-refractivity contribution in [1.82, 2.24) is 29.4 Å². The second-order valence-electron chi connectivity index (χ2n) is 4.08. The number of nitrogens with zero attached hydrogens (tertiary/aromatic N) is 6. The average Bonchev–Trinajstić information content (AvgIpc) is 2.87. The van der Waals surface area contributed by atoms with Crippen molar-refractivity contribution in [3.05, 3.63) is 30.1 Å². The molecule has 2 rings (SSSR count). The minimum atomic E-state index is -2.56. The molecule has 18 heavy (non-hydrogen) atoms. The molecule has 0 radical (unpaired) electrons. The summed E-state index contributed by atoms with van der Waals surface area (Å²) in [6.07, 6.45) is 4.43. The van der Waals surface area contributed by atoms with Crippen LogP contribution in [0.25, 0.3) is 0 Å². The number of rotatable bonds is 5. The van der Waals surface area contributed by atoms with Crippen LogP contribution in [0.5, 0.6) is 0 Å². The molecule has 0 fully saturated rings. The third-order valence-electron chi connectivity index (χ3n) is 2.45. The molecule has 2 aromatic heterocycles. The summed E-state index contributed by atoms with van der Waals surface area (Å²) in [5.41, 5.74) is 0.787. The summed E-state index contributed by atoms with van der Waals surface area (Å²) in [6, 6.07) is 0. The molecule has 0 bridgehead atoms. The van der Waals surface area contributed by atoms with E-state index >= 15 is 0 Å². The highest BCUT2D eigenvalue weighted by molar-refractivity contribution is 4.95. The quantitative estimate of drug-likeness (QED) is 0.802. The standard InChI is InChI=1S/C10H14F2N6/c1-16(5-8-6-17(2)15-14-8)7-9-13-3-4-18(9)10(11)12/h3-4,6,10H,5,7H2,1-2H3. The van der Waals surface area contributed by atoms with Crippen LogP contribution < -0.4 is 0 Å². The summed E-state index contributed by atoms with van der Waals surface area (Å²) < 4.78 is 27.7. The Balaban J connectivity index is 1.98. The molecule has 98 valence electrons. The number of halogens is 2. The first-order valence-electron chi connectivity index (χ1n) is 5.40. The van der Waals surface area contributed by atoms with Crippen LogP contribution in [0.2, 0.25) is 0 Å². The largest absolute Gasteiger partial charge is 0.319 e. The molecular formula is C10H14F2N6. The Bertz CT molecular complexity index is 506. The zero-order valence-corrected chi connectivity index (χ0v) is 10.2. The van der Waals surface area contributed by atoms with Gasteiger partial charge in [0.25, 0.3) is 0 Å². The molecule has 0 spiro atoms. The van der Waals surface area contributed by atoms with Gasteiger partial charge in [-0.05, 0) is 7.05 Å². The molecule has 2 heterocycles. The van der Waals surface area contributed by atoms with Crippen molar-refractivity contribution in [2.24, 2.45) is 7.05 Å². The fraction of sp³-hybridized carbons (Fsp3) is 0.500. The van der Waals surface area contributed by atoms with Crippen molar-refractivity contribution < 1.29 is 8.78 Å². The van der Waals surface area contributed by atoms with E-state index in [1.165, 1.54) is 12.4 Å². The van der Waals surface area contributed by atoms with Crippen molar-refractivity contribution >= 4 is 0 Å². The molecule has 2 aromatic rings. The average molecular weight is 256 g/mol. The second-order valence-corrected chi connectivity index (χ2v) is 4.08. The van der Waals surface area contributed by atoms with Crippen LogP contribution in [0.15, 0.2) is 18.6 Å². The first-order valence-corrected chi connectivity index (χ1v) is 5.40. The fourth-order valence-electron chi connectivity index (χ4n) is 1.69. The molecule has 0 N–H and O–H groups in total. The van der Waals surface area contributed by atoms with Gasteiger partial charge in [-0.2, -0.15) is 8.78 Å². The first kappa shape index (κ1) is 12.6. The topological polar surface area (TPSA) is 51.8 Å². The van der Waals surface area contributed by atoms with Gasteiger partial charge in [0.15, 0.2) is 0 Å². The van der Waals surface area contributed by atoms with E-state index in [1.54, 1.807) is 17.9 Å². The maximum Gasteiger partial charge on any atom is 0.319 e. The van der Waals surface area contributed by atoms with Crippen LogP contribution in [-0.2, 0) is 20.1 Å². The zero-order chi connectivity index (χ0) is 13.1. The van der Waals surface area contributed by atoms with E-state index in [0.29, 0.717) is 18.9 Å². The Labute approximate surface area is 103 Å². The summed E-state index contributed by atoms with van der Waals surface area (Å²) in [5.74, 6) is 0.330. The lowest BCUT2D eigenvalue weighted by atomic mass is 10.4. The van der Waals surface area contributed by atoms with Crippen LogP contribution in [0.3, 0.4) is 0 Å². The van der Waals surface area contributed by atoms with Gasteiger partial charge in [0.2, 0.25) is 0 Å². The third-order valence-corrected chi connectivity index (χ3v) is 2.45. The highest BCUT2D eigenvalue weighted by Gasteiger charge is 2.13. The van der Waals surface area contributed by atoms with E-state index in [-0.39, 0.29) is 0 Å². The lowest BCUT2D eigenvalue weighted by Crippen LogP contribution is -2.20. The van der Waals surface area contributed by atoms with E-state index < -0.39 is 6.55 Å². The molecular weight excluding hydrogens is 242 g/mol. The van der Waals surface area contributed by atoms with Gasteiger partial charge in [-0.3, -0.25) is 14.1 Å². The molecule has 0 atom stereocenters. The van der Waals surface area contributed by atoms with Crippen LogP contribution in [0, 0.1) is 0 Å². The summed E-state index contributed by atoms with van der Waals surface area (Å²) in [5, 5.41) is 7.75. The SMILES string of the molecule is CN(Cc1cn(C)nn1)Cc1nccn1C(F)F. The lowest BCUT2D eigenvalue weighted by Gasteiger charge is -2.15. The van der Waals surface area contributed by atoms with Crippen LogP contribution >= 0.6 is 0 Å². The van der Waals surface area contributed by atoms with Crippen LogP contribution in [-0.4, -0.2) is 36.5 Å². The normalized spacial score (nSPS) is 11.7. The lowest BCUT2D eigenvalue weighted by molar-refractivity contribution is 0.0644. The number of hydrogen-bond acceptors (Lipinski definition) is 4. The first-order chi connectivity index (χ1) is 8.56. The molecule has 0 saturated heterocycles. The highest BCUT2D eigenvalue weighted by Crippen LogP contribution is 2.14. The fourth-order valence-corrected chi connectivity index (χ4v) is 1.69. The van der Waals surface area contributed by atoms with Gasteiger partial charge in [-0.1, -0.05) is 5.21 Å². The van der Waals surface area contributed by atoms with Crippen molar-refractivity contribution in [1.29, 1.82) is 0 Å². The van der Waals surface area contributed by atoms with E-state index in [1.807, 2.05) is 11.9 Å². The Morgan fingerprint density at radius 1 is 1.39 bits per heavy atom. The molecule has 0 aliphatic heterocycles. The highest BCUT2D eigenvalue weighted by atomic mass is 19.3. The van der Waals surface area contributed by atoms with E-state index in [0.717, 1.165) is 10.3 Å². The van der Waals surface area contributed by atoms with Gasteiger partial charge < -0.3 is 0 Å². The molecule has 0 aliphatic rings. The minimum Gasteiger partial charge on any atom is -0.293 e. The monoisotopic (exact) mass is 256 g/mol. The number of imidazole rings is 1. The smallest absolute Gasteiger partial charge is 0.293 e. The van der Waals surface area contributed by atoms with Gasteiger partial charge in [0, 0.05) is 32.2 Å². The van der Waals surface area contributed by atoms with Crippen molar-refractivity contribution in [2.75, 3.05) is 7.05 Å². The van der Waals surface area contributed by atoms with E-state index in [4.69, 9.17) is 0 Å². The summed E-state index contributed by atoms with van der Waals surface area (Å²) in [7, 11) is 3.60. The van der Waals surface area contributed by atoms with Crippen molar-refractivity contribution in [2.45, 2.75) is 19.6 Å². The Hall–Kier alpha value is -1.83. The van der Waals surface area contributed by atoms with Crippen LogP contribution in [0.4, 0.5) is 8.78 Å². The van der Waals surface area contributed by atoms with Gasteiger partial charge in [0.05, 0.1) is 12.2 Å². The van der Waals surface area contributed by atoms with Crippen LogP contribution in [0.1, 0.15) is 18.1 Å². The van der Waals surface area contributed by atoms with Gasteiger partial charge in [-0.25, -0.2) is 4.98 Å². The molecule has 0 amide bonds. The number of aryl methyl sites for hydroxylation is 1. The third kappa shape index (κ3) is 2.89. The van der Waals surface area contributed by atoms with Gasteiger partial charge in [-0.15, -0.1) is 5.10 Å². The molecule has 0 saturated carbocycles. The number of hydrogen-bond donors (Lipinski definition) is 0. The number of aromatic nitrogens is 5. The zero-order valence-electron chi connectivity index (χ0n) is 10.2. The van der Waals surface area contributed by atoms with E-state index in [2.05, 4.69) is 15.3 Å². The predicted octanol–water partition coefficient (Wildman–Crippen LogP) is 1.04. The molecule has 0 unspecified atom stereocenters. The summed E-state index contributed by atoms with van der Waals surface area (Å²) in [4.78, 5) is 5.78. The Kier molecular flexibility index (Phi) is 3.66. The van der Waals surface area contributed by atoms with E-state index in [9.17, 15) is 8.78 Å². The Morgan fingerprint density at radius 2 is 2.17 bits per heavy atom. The Morgan fingerprint density at radius 3 is 2.78 bits per heavy atom. The number of alkyl halides is 2. The molecule has 0 aliphatic carbocycles. The molecule has 8 heteroatoms. The van der Waals surface area contributed by atoms with Crippen molar-refractivity contribution in [3.8, 4) is 0 Å². The van der Waals surface area contributed by atoms with Gasteiger partial charge in [0.1, 0.15) is 5.82 Å². The predicted molar refractivity (Wildman–Crippen MR) is 59.7 cm³/mol. The molecule has 6 nitrogen and oxygen atoms in total. The maximum absolute atomic E-state index is 12.6. The summed E-state index contributed by atoms with van der Waals surface area (Å²) in [6.45, 7) is -1.70. The minimum absolute atomic E-state index is 0.327. The summed E-state index contributed by atoms with van der Waals surface area (Å²) >= 11 is 0. The van der Waals surface area contributed by atoms with Gasteiger partial charge >= 0.3 is 6.55 Å². The van der Waals surface area contributed by atoms with Crippen molar-refractivity contribution in [3.63, 3.8) is 0 Å². The maximum atomic E-state index is 12.6. The second kappa shape index (κ2) is 5.21. The molecule has 0 aromatic carbocycles.